The van der Waals surface area contributed by atoms with Crippen molar-refractivity contribution < 1.29 is 23.2 Å². The van der Waals surface area contributed by atoms with Crippen molar-refractivity contribution in [2.24, 2.45) is 5.92 Å². The molecule has 7 nitrogen and oxygen atoms in total. The monoisotopic (exact) mass is 414 g/mol. The van der Waals surface area contributed by atoms with Gasteiger partial charge in [0, 0.05) is 13.1 Å². The number of ether oxygens (including phenoxy) is 1. The minimum Gasteiger partial charge on any atom is -0.466 e. The Morgan fingerprint density at radius 2 is 1.97 bits per heavy atom. The van der Waals surface area contributed by atoms with E-state index in [9.17, 15) is 9.59 Å². The van der Waals surface area contributed by atoms with E-state index in [1.165, 1.54) is 11.8 Å². The molecule has 2 aromatic heterocycles. The molecule has 8 heteroatoms. The first-order chi connectivity index (χ1) is 14.1. The SMILES string of the molecule is CCOC(=O)C1CCN(C(=O)c2ccc(CSc3nc4ccccc4o3)o2)CC1. The molecule has 1 aliphatic heterocycles. The average molecular weight is 414 g/mol. The second-order valence-electron chi connectivity index (χ2n) is 6.82. The molecule has 3 heterocycles. The molecule has 0 radical (unpaired) electrons. The number of likely N-dealkylation sites (tertiary alicyclic amines) is 1. The Hall–Kier alpha value is -2.74. The second kappa shape index (κ2) is 8.73. The zero-order chi connectivity index (χ0) is 20.2. The molecule has 0 spiro atoms. The molecular formula is C21H22N2O5S. The average Bonchev–Trinajstić information content (AvgIpc) is 3.38. The van der Waals surface area contributed by atoms with Crippen LogP contribution < -0.4 is 0 Å². The van der Waals surface area contributed by atoms with E-state index in [4.69, 9.17) is 13.6 Å². The van der Waals surface area contributed by atoms with Crippen molar-refractivity contribution in [1.29, 1.82) is 0 Å². The van der Waals surface area contributed by atoms with Gasteiger partial charge in [-0.3, -0.25) is 9.59 Å². The van der Waals surface area contributed by atoms with Crippen LogP contribution in [0.3, 0.4) is 0 Å². The number of amides is 1. The van der Waals surface area contributed by atoms with Crippen molar-refractivity contribution >= 4 is 34.7 Å². The maximum atomic E-state index is 12.7. The molecule has 1 aromatic carbocycles. The van der Waals surface area contributed by atoms with Crippen LogP contribution in [0.15, 0.2) is 50.5 Å². The molecule has 1 fully saturated rings. The minimum absolute atomic E-state index is 0.126. The van der Waals surface area contributed by atoms with E-state index in [-0.39, 0.29) is 17.8 Å². The summed E-state index contributed by atoms with van der Waals surface area (Å²) in [6, 6.07) is 11.1. The zero-order valence-electron chi connectivity index (χ0n) is 16.1. The van der Waals surface area contributed by atoms with Gasteiger partial charge in [0.1, 0.15) is 11.3 Å². The summed E-state index contributed by atoms with van der Waals surface area (Å²) >= 11 is 1.42. The van der Waals surface area contributed by atoms with Gasteiger partial charge in [-0.2, -0.15) is 0 Å². The van der Waals surface area contributed by atoms with Crippen LogP contribution in [0, 0.1) is 5.92 Å². The number of carbonyl (C=O) groups excluding carboxylic acids is 2. The van der Waals surface area contributed by atoms with Crippen molar-refractivity contribution in [1.82, 2.24) is 9.88 Å². The van der Waals surface area contributed by atoms with Crippen LogP contribution in [-0.4, -0.2) is 41.5 Å². The maximum absolute atomic E-state index is 12.7. The number of fused-ring (bicyclic) bond motifs is 1. The number of carbonyl (C=O) groups is 2. The first-order valence-corrected chi connectivity index (χ1v) is 10.7. The zero-order valence-corrected chi connectivity index (χ0v) is 16.9. The quantitative estimate of drug-likeness (QED) is 0.443. The predicted octanol–water partition coefficient (Wildman–Crippen LogP) is 4.13. The van der Waals surface area contributed by atoms with E-state index in [1.807, 2.05) is 24.3 Å². The van der Waals surface area contributed by atoms with Gasteiger partial charge >= 0.3 is 5.97 Å². The number of piperidine rings is 1. The summed E-state index contributed by atoms with van der Waals surface area (Å²) in [5.74, 6) is 1.07. The first kappa shape index (κ1) is 19.6. The van der Waals surface area contributed by atoms with Gasteiger partial charge in [-0.05, 0) is 44.0 Å². The Labute approximate surface area is 172 Å². The molecule has 1 aliphatic rings. The van der Waals surface area contributed by atoms with Crippen LogP contribution in [0.1, 0.15) is 36.1 Å². The molecule has 0 unspecified atom stereocenters. The molecule has 0 saturated carbocycles. The van der Waals surface area contributed by atoms with Gasteiger partial charge < -0.3 is 18.5 Å². The second-order valence-corrected chi connectivity index (χ2v) is 7.75. The highest BCUT2D eigenvalue weighted by Crippen LogP contribution is 2.27. The molecule has 152 valence electrons. The number of rotatable bonds is 6. The lowest BCUT2D eigenvalue weighted by molar-refractivity contribution is -0.149. The highest BCUT2D eigenvalue weighted by molar-refractivity contribution is 7.98. The molecule has 4 rings (SSSR count). The Kier molecular flexibility index (Phi) is 5.89. The third-order valence-corrected chi connectivity index (χ3v) is 5.74. The Balaban J connectivity index is 1.31. The number of hydrogen-bond acceptors (Lipinski definition) is 7. The molecule has 1 amide bonds. The molecule has 3 aromatic rings. The first-order valence-electron chi connectivity index (χ1n) is 9.67. The fraction of sp³-hybridized carbons (Fsp3) is 0.381. The molecule has 1 saturated heterocycles. The largest absolute Gasteiger partial charge is 0.466 e. The number of benzene rings is 1. The van der Waals surface area contributed by atoms with Gasteiger partial charge in [0.15, 0.2) is 11.3 Å². The van der Waals surface area contributed by atoms with Gasteiger partial charge in [0.05, 0.1) is 18.3 Å². The summed E-state index contributed by atoms with van der Waals surface area (Å²) < 4.78 is 16.5. The van der Waals surface area contributed by atoms with Crippen molar-refractivity contribution in [3.8, 4) is 0 Å². The number of aromatic nitrogens is 1. The summed E-state index contributed by atoms with van der Waals surface area (Å²) in [6.07, 6.45) is 1.23. The number of hydrogen-bond donors (Lipinski definition) is 0. The Morgan fingerprint density at radius 3 is 2.72 bits per heavy atom. The molecule has 0 bridgehead atoms. The number of furan rings is 1. The molecule has 0 N–H and O–H groups in total. The maximum Gasteiger partial charge on any atom is 0.309 e. The fourth-order valence-corrected chi connectivity index (χ4v) is 4.08. The normalized spacial score (nSPS) is 15.0. The number of esters is 1. The van der Waals surface area contributed by atoms with Crippen molar-refractivity contribution in [3.63, 3.8) is 0 Å². The number of thioether (sulfide) groups is 1. The summed E-state index contributed by atoms with van der Waals surface area (Å²) in [4.78, 5) is 30.7. The highest BCUT2D eigenvalue weighted by Gasteiger charge is 2.29. The van der Waals surface area contributed by atoms with E-state index in [0.717, 1.165) is 11.1 Å². The topological polar surface area (TPSA) is 85.8 Å². The Morgan fingerprint density at radius 1 is 1.17 bits per heavy atom. The van der Waals surface area contributed by atoms with Crippen LogP contribution >= 0.6 is 11.8 Å². The predicted molar refractivity (Wildman–Crippen MR) is 108 cm³/mol. The fourth-order valence-electron chi connectivity index (χ4n) is 3.35. The van der Waals surface area contributed by atoms with Gasteiger partial charge in [0.2, 0.25) is 0 Å². The smallest absolute Gasteiger partial charge is 0.309 e. The van der Waals surface area contributed by atoms with E-state index in [2.05, 4.69) is 4.98 Å². The molecule has 0 aliphatic carbocycles. The van der Waals surface area contributed by atoms with E-state index in [0.29, 0.717) is 55.0 Å². The van der Waals surface area contributed by atoms with Gasteiger partial charge in [0.25, 0.3) is 11.1 Å². The lowest BCUT2D eigenvalue weighted by atomic mass is 9.97. The van der Waals surface area contributed by atoms with Crippen LogP contribution in [0.4, 0.5) is 0 Å². The van der Waals surface area contributed by atoms with Gasteiger partial charge in [-0.25, -0.2) is 4.98 Å². The number of para-hydroxylation sites is 2. The lowest BCUT2D eigenvalue weighted by Crippen LogP contribution is -2.40. The van der Waals surface area contributed by atoms with E-state index in [1.54, 1.807) is 24.0 Å². The summed E-state index contributed by atoms with van der Waals surface area (Å²) in [6.45, 7) is 3.23. The number of nitrogens with zero attached hydrogens (tertiary/aromatic N) is 2. The van der Waals surface area contributed by atoms with Crippen LogP contribution in [0.2, 0.25) is 0 Å². The molecule has 29 heavy (non-hydrogen) atoms. The number of oxazole rings is 1. The molecular weight excluding hydrogens is 392 g/mol. The Bertz CT molecular complexity index is 970. The van der Waals surface area contributed by atoms with Crippen molar-refractivity contribution in [3.05, 3.63) is 47.9 Å². The van der Waals surface area contributed by atoms with Crippen molar-refractivity contribution in [2.45, 2.75) is 30.7 Å². The highest BCUT2D eigenvalue weighted by atomic mass is 32.2. The van der Waals surface area contributed by atoms with Crippen LogP contribution in [-0.2, 0) is 15.3 Å². The van der Waals surface area contributed by atoms with Gasteiger partial charge in [-0.15, -0.1) is 0 Å². The minimum atomic E-state index is -0.170. The van der Waals surface area contributed by atoms with Crippen molar-refractivity contribution in [2.75, 3.05) is 19.7 Å². The third-order valence-electron chi connectivity index (χ3n) is 4.89. The summed E-state index contributed by atoms with van der Waals surface area (Å²) in [5.41, 5.74) is 1.56. The third kappa shape index (κ3) is 4.48. The summed E-state index contributed by atoms with van der Waals surface area (Å²) in [7, 11) is 0. The van der Waals surface area contributed by atoms with Crippen LogP contribution in [0.5, 0.6) is 0 Å². The molecule has 0 atom stereocenters. The lowest BCUT2D eigenvalue weighted by Gasteiger charge is -2.30. The van der Waals surface area contributed by atoms with E-state index >= 15 is 0 Å². The van der Waals surface area contributed by atoms with Crippen LogP contribution in [0.25, 0.3) is 11.1 Å². The standard InChI is InChI=1S/C21H22N2O5S/c1-2-26-20(25)14-9-11-23(12-10-14)19(24)18-8-7-15(27-18)13-29-21-22-16-5-3-4-6-17(16)28-21/h3-8,14H,2,9-13H2,1H3. The summed E-state index contributed by atoms with van der Waals surface area (Å²) in [5, 5.41) is 0.566. The van der Waals surface area contributed by atoms with E-state index < -0.39 is 0 Å². The van der Waals surface area contributed by atoms with Gasteiger partial charge in [-0.1, -0.05) is 23.9 Å².